The molecule has 144 valence electrons. The standard InChI is InChI=1S/C20H16F3N3O2/c1-13-6-8-14(9-7-13)12-26-18(27)11-10-17(25-26)19(28)24-16-5-3-2-4-15(16)20(21,22)23/h2-11H,12H2,1H3,(H,24,28). The van der Waals surface area contributed by atoms with Gasteiger partial charge in [0, 0.05) is 6.07 Å². The Hall–Kier alpha value is -3.42. The molecule has 0 bridgehead atoms. The summed E-state index contributed by atoms with van der Waals surface area (Å²) in [6.45, 7) is 2.07. The first-order chi connectivity index (χ1) is 13.2. The largest absolute Gasteiger partial charge is 0.418 e. The second-order valence-corrected chi connectivity index (χ2v) is 6.20. The number of hydrogen-bond donors (Lipinski definition) is 1. The summed E-state index contributed by atoms with van der Waals surface area (Å²) in [6, 6.07) is 14.4. The second kappa shape index (κ2) is 7.67. The highest BCUT2D eigenvalue weighted by atomic mass is 19.4. The SMILES string of the molecule is Cc1ccc(Cn2nc(C(=O)Nc3ccccc3C(F)(F)F)ccc2=O)cc1. The van der Waals surface area contributed by atoms with E-state index in [1.54, 1.807) is 0 Å². The Balaban J connectivity index is 1.86. The first-order valence-electron chi connectivity index (χ1n) is 8.35. The predicted octanol–water partition coefficient (Wildman–Crippen LogP) is 3.87. The van der Waals surface area contributed by atoms with Crippen LogP contribution in [0.4, 0.5) is 18.9 Å². The zero-order valence-corrected chi connectivity index (χ0v) is 14.8. The summed E-state index contributed by atoms with van der Waals surface area (Å²) < 4.78 is 40.3. The fraction of sp³-hybridized carbons (Fsp3) is 0.150. The van der Waals surface area contributed by atoms with E-state index in [9.17, 15) is 22.8 Å². The number of benzene rings is 2. The molecule has 0 radical (unpaired) electrons. The lowest BCUT2D eigenvalue weighted by atomic mass is 10.1. The number of halogens is 3. The van der Waals surface area contributed by atoms with E-state index < -0.39 is 23.2 Å². The number of nitrogens with one attached hydrogen (secondary N) is 1. The van der Waals surface area contributed by atoms with Gasteiger partial charge in [0.15, 0.2) is 0 Å². The number of anilines is 1. The molecule has 1 heterocycles. The summed E-state index contributed by atoms with van der Waals surface area (Å²) in [5.41, 5.74) is -0.0633. The molecule has 0 aliphatic carbocycles. The van der Waals surface area contributed by atoms with E-state index in [0.29, 0.717) is 0 Å². The van der Waals surface area contributed by atoms with Crippen molar-refractivity contribution in [1.82, 2.24) is 9.78 Å². The van der Waals surface area contributed by atoms with Crippen molar-refractivity contribution in [1.29, 1.82) is 0 Å². The maximum atomic E-state index is 13.1. The second-order valence-electron chi connectivity index (χ2n) is 6.20. The van der Waals surface area contributed by atoms with Gasteiger partial charge in [-0.25, -0.2) is 4.68 Å². The minimum Gasteiger partial charge on any atom is -0.320 e. The van der Waals surface area contributed by atoms with Crippen molar-refractivity contribution in [2.24, 2.45) is 0 Å². The summed E-state index contributed by atoms with van der Waals surface area (Å²) in [7, 11) is 0. The highest BCUT2D eigenvalue weighted by Crippen LogP contribution is 2.34. The summed E-state index contributed by atoms with van der Waals surface area (Å²) in [4.78, 5) is 24.4. The molecule has 0 saturated carbocycles. The molecule has 0 aliphatic heterocycles. The lowest BCUT2D eigenvalue weighted by Gasteiger charge is -2.13. The molecule has 2 aromatic carbocycles. The van der Waals surface area contributed by atoms with Crippen molar-refractivity contribution < 1.29 is 18.0 Å². The molecule has 3 rings (SSSR count). The number of hydrogen-bond acceptors (Lipinski definition) is 3. The molecular weight excluding hydrogens is 371 g/mol. The van der Waals surface area contributed by atoms with E-state index in [1.807, 2.05) is 31.2 Å². The van der Waals surface area contributed by atoms with E-state index >= 15 is 0 Å². The van der Waals surface area contributed by atoms with Crippen LogP contribution in [0.5, 0.6) is 0 Å². The van der Waals surface area contributed by atoms with Gasteiger partial charge in [0.05, 0.1) is 17.8 Å². The van der Waals surface area contributed by atoms with Crippen LogP contribution < -0.4 is 10.9 Å². The van der Waals surface area contributed by atoms with Crippen molar-refractivity contribution in [3.8, 4) is 0 Å². The van der Waals surface area contributed by atoms with Gasteiger partial charge < -0.3 is 5.32 Å². The number of nitrogens with zero attached hydrogens (tertiary/aromatic N) is 2. The van der Waals surface area contributed by atoms with Gasteiger partial charge in [0.2, 0.25) is 0 Å². The van der Waals surface area contributed by atoms with Crippen LogP contribution in [-0.2, 0) is 12.7 Å². The van der Waals surface area contributed by atoms with E-state index in [1.165, 1.54) is 18.2 Å². The first kappa shape index (κ1) is 19.3. The zero-order chi connectivity index (χ0) is 20.3. The average molecular weight is 387 g/mol. The van der Waals surface area contributed by atoms with Gasteiger partial charge in [-0.2, -0.15) is 18.3 Å². The van der Waals surface area contributed by atoms with Crippen molar-refractivity contribution in [2.75, 3.05) is 5.32 Å². The van der Waals surface area contributed by atoms with Crippen molar-refractivity contribution in [3.63, 3.8) is 0 Å². The van der Waals surface area contributed by atoms with Crippen LogP contribution in [0.2, 0.25) is 0 Å². The van der Waals surface area contributed by atoms with E-state index in [-0.39, 0.29) is 17.9 Å². The number of alkyl halides is 3. The van der Waals surface area contributed by atoms with Crippen LogP contribution >= 0.6 is 0 Å². The van der Waals surface area contributed by atoms with Gasteiger partial charge in [-0.1, -0.05) is 42.0 Å². The Kier molecular flexibility index (Phi) is 5.30. The number of amides is 1. The van der Waals surface area contributed by atoms with Gasteiger partial charge >= 0.3 is 6.18 Å². The van der Waals surface area contributed by atoms with Gasteiger partial charge in [0.25, 0.3) is 11.5 Å². The highest BCUT2D eigenvalue weighted by Gasteiger charge is 2.33. The van der Waals surface area contributed by atoms with E-state index in [4.69, 9.17) is 0 Å². The Morgan fingerprint density at radius 3 is 2.39 bits per heavy atom. The van der Waals surface area contributed by atoms with Crippen molar-refractivity contribution in [3.05, 3.63) is 93.4 Å². The number of aryl methyl sites for hydroxylation is 1. The summed E-state index contributed by atoms with van der Waals surface area (Å²) in [6.07, 6.45) is -4.61. The smallest absolute Gasteiger partial charge is 0.320 e. The summed E-state index contributed by atoms with van der Waals surface area (Å²) >= 11 is 0. The van der Waals surface area contributed by atoms with Crippen molar-refractivity contribution in [2.45, 2.75) is 19.6 Å². The van der Waals surface area contributed by atoms with Crippen LogP contribution in [0, 0.1) is 6.92 Å². The fourth-order valence-electron chi connectivity index (χ4n) is 2.58. The predicted molar refractivity (Wildman–Crippen MR) is 98.2 cm³/mol. The molecule has 0 saturated heterocycles. The quantitative estimate of drug-likeness (QED) is 0.739. The summed E-state index contributed by atoms with van der Waals surface area (Å²) in [5, 5.41) is 6.20. The lowest BCUT2D eigenvalue weighted by molar-refractivity contribution is -0.136. The molecule has 1 N–H and O–H groups in total. The molecule has 28 heavy (non-hydrogen) atoms. The molecule has 5 nitrogen and oxygen atoms in total. The van der Waals surface area contributed by atoms with Gasteiger partial charge in [-0.3, -0.25) is 9.59 Å². The Bertz CT molecular complexity index is 1060. The maximum Gasteiger partial charge on any atom is 0.418 e. The topological polar surface area (TPSA) is 64.0 Å². The van der Waals surface area contributed by atoms with Gasteiger partial charge in [0.1, 0.15) is 5.69 Å². The lowest BCUT2D eigenvalue weighted by Crippen LogP contribution is -2.27. The first-order valence-corrected chi connectivity index (χ1v) is 8.35. The molecule has 0 spiro atoms. The van der Waals surface area contributed by atoms with Crippen LogP contribution in [0.1, 0.15) is 27.2 Å². The summed E-state index contributed by atoms with van der Waals surface area (Å²) in [5.74, 6) is -0.839. The number of para-hydroxylation sites is 1. The molecule has 3 aromatic rings. The normalized spacial score (nSPS) is 11.3. The fourth-order valence-corrected chi connectivity index (χ4v) is 2.58. The Labute approximate surface area is 158 Å². The molecule has 1 amide bonds. The van der Waals surface area contributed by atoms with E-state index in [2.05, 4.69) is 10.4 Å². The molecule has 0 fully saturated rings. The van der Waals surface area contributed by atoms with Gasteiger partial charge in [-0.05, 0) is 30.7 Å². The number of rotatable bonds is 4. The van der Waals surface area contributed by atoms with Crippen LogP contribution in [0.3, 0.4) is 0 Å². The molecule has 0 atom stereocenters. The zero-order valence-electron chi connectivity index (χ0n) is 14.8. The third-order valence-corrected chi connectivity index (χ3v) is 4.03. The number of carbonyl (C=O) groups is 1. The highest BCUT2D eigenvalue weighted by molar-refractivity contribution is 6.03. The van der Waals surface area contributed by atoms with Gasteiger partial charge in [-0.15, -0.1) is 0 Å². The Morgan fingerprint density at radius 1 is 1.04 bits per heavy atom. The minimum atomic E-state index is -4.61. The third-order valence-electron chi connectivity index (χ3n) is 4.03. The van der Waals surface area contributed by atoms with Crippen LogP contribution in [-0.4, -0.2) is 15.7 Å². The van der Waals surface area contributed by atoms with E-state index in [0.717, 1.165) is 34.0 Å². The van der Waals surface area contributed by atoms with Crippen LogP contribution in [0.15, 0.2) is 65.5 Å². The number of carbonyl (C=O) groups excluding carboxylic acids is 1. The average Bonchev–Trinajstić information content (AvgIpc) is 2.65. The molecule has 8 heteroatoms. The molecule has 0 aliphatic rings. The monoisotopic (exact) mass is 387 g/mol. The Morgan fingerprint density at radius 2 is 1.71 bits per heavy atom. The minimum absolute atomic E-state index is 0.138. The maximum absolute atomic E-state index is 13.1. The van der Waals surface area contributed by atoms with Crippen LogP contribution in [0.25, 0.3) is 0 Å². The molecule has 1 aromatic heterocycles. The molecular formula is C20H16F3N3O2. The number of aromatic nitrogens is 2. The third kappa shape index (κ3) is 4.46. The molecule has 0 unspecified atom stereocenters. The van der Waals surface area contributed by atoms with Crippen molar-refractivity contribution >= 4 is 11.6 Å².